The number of nitrogens with zero attached hydrogens (tertiary/aromatic N) is 1. The van der Waals surface area contributed by atoms with Crippen molar-refractivity contribution in [3.63, 3.8) is 0 Å². The fourth-order valence-electron chi connectivity index (χ4n) is 3.47. The first-order valence-corrected chi connectivity index (χ1v) is 8.97. The second-order valence-corrected chi connectivity index (χ2v) is 6.97. The summed E-state index contributed by atoms with van der Waals surface area (Å²) < 4.78 is 16.5. The van der Waals surface area contributed by atoms with Gasteiger partial charge in [-0.2, -0.15) is 0 Å². The number of hydrogen-bond acceptors (Lipinski definition) is 4. The maximum Gasteiger partial charge on any atom is 0.260 e. The van der Waals surface area contributed by atoms with Crippen molar-refractivity contribution in [1.82, 2.24) is 4.90 Å². The summed E-state index contributed by atoms with van der Waals surface area (Å²) in [5, 5.41) is 0. The molecule has 26 heavy (non-hydrogen) atoms. The van der Waals surface area contributed by atoms with Gasteiger partial charge in [0, 0.05) is 19.0 Å². The topological polar surface area (TPSA) is 48.0 Å². The third-order valence-corrected chi connectivity index (χ3v) is 5.25. The van der Waals surface area contributed by atoms with E-state index in [-0.39, 0.29) is 19.3 Å². The third kappa shape index (κ3) is 3.34. The number of ether oxygens (including phenoxy) is 3. The van der Waals surface area contributed by atoms with Gasteiger partial charge in [-0.25, -0.2) is 0 Å². The van der Waals surface area contributed by atoms with Crippen LogP contribution in [0.15, 0.2) is 36.4 Å². The molecule has 1 unspecified atom stereocenters. The lowest BCUT2D eigenvalue weighted by Gasteiger charge is -2.17. The van der Waals surface area contributed by atoms with Crippen molar-refractivity contribution in [3.8, 4) is 17.2 Å². The van der Waals surface area contributed by atoms with Gasteiger partial charge in [0.2, 0.25) is 6.79 Å². The monoisotopic (exact) mass is 353 g/mol. The minimum Gasteiger partial charge on any atom is -0.484 e. The molecule has 0 bridgehead atoms. The van der Waals surface area contributed by atoms with E-state index < -0.39 is 0 Å². The van der Waals surface area contributed by atoms with E-state index in [0.29, 0.717) is 5.92 Å². The zero-order chi connectivity index (χ0) is 18.1. The molecule has 1 saturated heterocycles. The molecule has 0 spiro atoms. The first kappa shape index (κ1) is 16.8. The minimum absolute atomic E-state index is 0.0338. The van der Waals surface area contributed by atoms with Gasteiger partial charge in [0.25, 0.3) is 5.91 Å². The average molecular weight is 353 g/mol. The van der Waals surface area contributed by atoms with Gasteiger partial charge in [-0.05, 0) is 61.2 Å². The number of hydrogen-bond donors (Lipinski definition) is 0. The second-order valence-electron chi connectivity index (χ2n) is 6.97. The normalized spacial score (nSPS) is 18.2. The Hall–Kier alpha value is -2.69. The Balaban J connectivity index is 1.34. The van der Waals surface area contributed by atoms with E-state index in [1.165, 1.54) is 16.7 Å². The lowest BCUT2D eigenvalue weighted by molar-refractivity contribution is -0.132. The average Bonchev–Trinajstić information content (AvgIpc) is 3.31. The lowest BCUT2D eigenvalue weighted by atomic mass is 9.98. The summed E-state index contributed by atoms with van der Waals surface area (Å²) in [4.78, 5) is 14.4. The number of aryl methyl sites for hydroxylation is 2. The summed E-state index contributed by atoms with van der Waals surface area (Å²) in [5.74, 6) is 2.70. The van der Waals surface area contributed by atoms with E-state index in [4.69, 9.17) is 14.2 Å². The van der Waals surface area contributed by atoms with Crippen LogP contribution < -0.4 is 14.2 Å². The fourth-order valence-corrected chi connectivity index (χ4v) is 3.47. The van der Waals surface area contributed by atoms with E-state index in [1.54, 1.807) is 0 Å². The molecule has 1 fully saturated rings. The number of amides is 1. The quantitative estimate of drug-likeness (QED) is 0.845. The maximum absolute atomic E-state index is 12.5. The van der Waals surface area contributed by atoms with Gasteiger partial charge in [-0.1, -0.05) is 12.1 Å². The molecule has 0 N–H and O–H groups in total. The van der Waals surface area contributed by atoms with Crippen molar-refractivity contribution in [3.05, 3.63) is 53.1 Å². The molecule has 1 amide bonds. The summed E-state index contributed by atoms with van der Waals surface area (Å²) in [6.07, 6.45) is 0.953. The summed E-state index contributed by atoms with van der Waals surface area (Å²) in [6, 6.07) is 12.0. The molecule has 2 heterocycles. The Kier molecular flexibility index (Phi) is 4.45. The summed E-state index contributed by atoms with van der Waals surface area (Å²) in [5.41, 5.74) is 3.58. The van der Waals surface area contributed by atoms with Crippen LogP contribution >= 0.6 is 0 Å². The molecule has 2 aliphatic rings. The van der Waals surface area contributed by atoms with Crippen molar-refractivity contribution in [2.75, 3.05) is 26.5 Å². The van der Waals surface area contributed by atoms with Gasteiger partial charge in [0.05, 0.1) is 0 Å². The SMILES string of the molecule is Cc1ccc(OCC(=O)N2CCC(c3ccc4c(c3)OCO4)C2)cc1C. The first-order valence-electron chi connectivity index (χ1n) is 8.97. The standard InChI is InChI=1S/C21H23NO4/c1-14-3-5-18(9-15(14)2)24-12-21(23)22-8-7-17(11-22)16-4-6-19-20(10-16)26-13-25-19/h3-6,9-10,17H,7-8,11-13H2,1-2H3. The number of benzene rings is 2. The van der Waals surface area contributed by atoms with E-state index in [1.807, 2.05) is 42.2 Å². The van der Waals surface area contributed by atoms with E-state index in [2.05, 4.69) is 13.0 Å². The summed E-state index contributed by atoms with van der Waals surface area (Å²) in [6.45, 7) is 5.94. The molecule has 5 heteroatoms. The summed E-state index contributed by atoms with van der Waals surface area (Å²) in [7, 11) is 0. The maximum atomic E-state index is 12.5. The predicted molar refractivity (Wildman–Crippen MR) is 97.9 cm³/mol. The summed E-state index contributed by atoms with van der Waals surface area (Å²) >= 11 is 0. The first-order chi connectivity index (χ1) is 12.6. The highest BCUT2D eigenvalue weighted by molar-refractivity contribution is 5.78. The van der Waals surface area contributed by atoms with Crippen molar-refractivity contribution in [2.24, 2.45) is 0 Å². The minimum atomic E-state index is 0.0338. The molecule has 0 radical (unpaired) electrons. The number of rotatable bonds is 4. The number of fused-ring (bicyclic) bond motifs is 1. The van der Waals surface area contributed by atoms with Crippen LogP contribution in [0.3, 0.4) is 0 Å². The van der Waals surface area contributed by atoms with Gasteiger partial charge < -0.3 is 19.1 Å². The number of carbonyl (C=O) groups excluding carboxylic acids is 1. The zero-order valence-corrected chi connectivity index (χ0v) is 15.2. The Morgan fingerprint density at radius 2 is 1.96 bits per heavy atom. The van der Waals surface area contributed by atoms with Crippen LogP contribution in [0, 0.1) is 13.8 Å². The van der Waals surface area contributed by atoms with Crippen LogP contribution in [-0.4, -0.2) is 37.3 Å². The Morgan fingerprint density at radius 1 is 1.12 bits per heavy atom. The Bertz CT molecular complexity index is 833. The van der Waals surface area contributed by atoms with Gasteiger partial charge in [0.1, 0.15) is 5.75 Å². The van der Waals surface area contributed by atoms with Crippen molar-refractivity contribution >= 4 is 5.91 Å². The molecular weight excluding hydrogens is 330 g/mol. The Labute approximate surface area is 153 Å². The molecular formula is C21H23NO4. The molecule has 2 aromatic rings. The van der Waals surface area contributed by atoms with Crippen LogP contribution in [0.4, 0.5) is 0 Å². The van der Waals surface area contributed by atoms with Crippen LogP contribution in [0.2, 0.25) is 0 Å². The molecule has 0 saturated carbocycles. The predicted octanol–water partition coefficient (Wildman–Crippen LogP) is 3.43. The van der Waals surface area contributed by atoms with Crippen LogP contribution in [-0.2, 0) is 4.79 Å². The van der Waals surface area contributed by atoms with Crippen LogP contribution in [0.5, 0.6) is 17.2 Å². The van der Waals surface area contributed by atoms with Gasteiger partial charge in [0.15, 0.2) is 18.1 Å². The highest BCUT2D eigenvalue weighted by Gasteiger charge is 2.28. The highest BCUT2D eigenvalue weighted by atomic mass is 16.7. The number of carbonyl (C=O) groups is 1. The molecule has 2 aliphatic heterocycles. The fraction of sp³-hybridized carbons (Fsp3) is 0.381. The lowest BCUT2D eigenvalue weighted by Crippen LogP contribution is -2.32. The molecule has 0 aromatic heterocycles. The van der Waals surface area contributed by atoms with Gasteiger partial charge in [-0.3, -0.25) is 4.79 Å². The van der Waals surface area contributed by atoms with Crippen LogP contribution in [0.1, 0.15) is 29.0 Å². The molecule has 2 aromatic carbocycles. The second kappa shape index (κ2) is 6.90. The van der Waals surface area contributed by atoms with Gasteiger partial charge >= 0.3 is 0 Å². The molecule has 0 aliphatic carbocycles. The van der Waals surface area contributed by atoms with E-state index in [0.717, 1.165) is 36.8 Å². The molecule has 136 valence electrons. The van der Waals surface area contributed by atoms with Gasteiger partial charge in [-0.15, -0.1) is 0 Å². The largest absolute Gasteiger partial charge is 0.484 e. The van der Waals surface area contributed by atoms with Crippen molar-refractivity contribution in [1.29, 1.82) is 0 Å². The highest BCUT2D eigenvalue weighted by Crippen LogP contribution is 2.37. The van der Waals surface area contributed by atoms with Crippen LogP contribution in [0.25, 0.3) is 0 Å². The van der Waals surface area contributed by atoms with E-state index in [9.17, 15) is 4.79 Å². The molecule has 1 atom stereocenters. The smallest absolute Gasteiger partial charge is 0.260 e. The Morgan fingerprint density at radius 3 is 2.81 bits per heavy atom. The third-order valence-electron chi connectivity index (χ3n) is 5.25. The molecule has 4 rings (SSSR count). The zero-order valence-electron chi connectivity index (χ0n) is 15.2. The van der Waals surface area contributed by atoms with E-state index >= 15 is 0 Å². The van der Waals surface area contributed by atoms with Crippen molar-refractivity contribution < 1.29 is 19.0 Å². The molecule has 5 nitrogen and oxygen atoms in total. The number of likely N-dealkylation sites (tertiary alicyclic amines) is 1. The van der Waals surface area contributed by atoms with Crippen molar-refractivity contribution in [2.45, 2.75) is 26.2 Å².